The molecule has 1 aromatic heterocycles. The number of hydrogen-bond donors (Lipinski definition) is 2. The summed E-state index contributed by atoms with van der Waals surface area (Å²) in [5, 5.41) is 6.70. The molecule has 0 aromatic carbocycles. The van der Waals surface area contributed by atoms with E-state index in [9.17, 15) is 4.55 Å². The van der Waals surface area contributed by atoms with Crippen LogP contribution in [0.3, 0.4) is 0 Å². The molecular weight excluding hydrogens is 198 g/mol. The second-order valence-electron chi connectivity index (χ2n) is 4.23. The molecule has 2 N–H and O–H groups in total. The number of rotatable bonds is 3. The van der Waals surface area contributed by atoms with Crippen LogP contribution in [0.15, 0.2) is 12.3 Å². The fourth-order valence-corrected chi connectivity index (χ4v) is 1.71. The normalized spacial score (nSPS) is 16.6. The summed E-state index contributed by atoms with van der Waals surface area (Å²) in [4.78, 5) is 0. The molecule has 0 bridgehead atoms. The number of H-pyrrole nitrogens is 1. The molecule has 0 saturated heterocycles. The minimum Gasteiger partial charge on any atom is -0.598 e. The molecule has 2 atom stereocenters. The zero-order valence-corrected chi connectivity index (χ0v) is 9.81. The summed E-state index contributed by atoms with van der Waals surface area (Å²) < 4.78 is 14.5. The number of aromatic nitrogens is 2. The van der Waals surface area contributed by atoms with Gasteiger partial charge in [0.1, 0.15) is 4.75 Å². The standard InChI is InChI=1S/C9H17N3OS/c1-7(8-5-6-10-11-8)12-14(13)9(2,3)4/h5-7,12H,1-4H3,(H,10,11)/t7-,14?/m1/s1. The molecule has 0 amide bonds. The van der Waals surface area contributed by atoms with Crippen LogP contribution >= 0.6 is 0 Å². The van der Waals surface area contributed by atoms with Crippen molar-refractivity contribution < 1.29 is 4.55 Å². The van der Waals surface area contributed by atoms with Crippen LogP contribution in [-0.4, -0.2) is 19.5 Å². The number of nitrogens with zero attached hydrogens (tertiary/aromatic N) is 1. The molecule has 0 saturated carbocycles. The Bertz CT molecular complexity index is 268. The van der Waals surface area contributed by atoms with Crippen molar-refractivity contribution in [2.45, 2.75) is 38.5 Å². The minimum atomic E-state index is -1.05. The Morgan fingerprint density at radius 2 is 2.21 bits per heavy atom. The summed E-state index contributed by atoms with van der Waals surface area (Å²) >= 11 is -1.05. The summed E-state index contributed by atoms with van der Waals surface area (Å²) in [5.74, 6) is 0. The molecule has 14 heavy (non-hydrogen) atoms. The van der Waals surface area contributed by atoms with Gasteiger partial charge in [0.2, 0.25) is 0 Å². The molecule has 1 rings (SSSR count). The third kappa shape index (κ3) is 3.01. The van der Waals surface area contributed by atoms with Crippen LogP contribution in [-0.2, 0) is 11.4 Å². The van der Waals surface area contributed by atoms with Gasteiger partial charge in [-0.25, -0.2) is 0 Å². The Hall–Kier alpha value is -0.520. The van der Waals surface area contributed by atoms with Crippen molar-refractivity contribution in [3.8, 4) is 0 Å². The van der Waals surface area contributed by atoms with Gasteiger partial charge in [-0.2, -0.15) is 5.10 Å². The second-order valence-corrected chi connectivity index (χ2v) is 6.23. The van der Waals surface area contributed by atoms with Crippen LogP contribution < -0.4 is 4.72 Å². The Balaban J connectivity index is 2.53. The first kappa shape index (κ1) is 11.6. The fraction of sp³-hybridized carbons (Fsp3) is 0.667. The van der Waals surface area contributed by atoms with E-state index in [1.807, 2.05) is 33.8 Å². The molecule has 80 valence electrons. The summed E-state index contributed by atoms with van der Waals surface area (Å²) in [6, 6.07) is 1.90. The topological polar surface area (TPSA) is 63.8 Å². The van der Waals surface area contributed by atoms with Crippen LogP contribution in [0, 0.1) is 0 Å². The zero-order valence-electron chi connectivity index (χ0n) is 9.00. The van der Waals surface area contributed by atoms with Crippen molar-refractivity contribution in [1.82, 2.24) is 14.9 Å². The first-order valence-electron chi connectivity index (χ1n) is 4.58. The van der Waals surface area contributed by atoms with Gasteiger partial charge in [0.25, 0.3) is 0 Å². The third-order valence-corrected chi connectivity index (χ3v) is 3.51. The van der Waals surface area contributed by atoms with Gasteiger partial charge >= 0.3 is 0 Å². The van der Waals surface area contributed by atoms with Gasteiger partial charge in [0, 0.05) is 17.6 Å². The Morgan fingerprint density at radius 3 is 2.64 bits per heavy atom. The molecule has 1 aromatic rings. The molecule has 0 aliphatic carbocycles. The van der Waals surface area contributed by atoms with Crippen molar-refractivity contribution in [3.63, 3.8) is 0 Å². The van der Waals surface area contributed by atoms with Crippen LogP contribution in [0.1, 0.15) is 39.4 Å². The quantitative estimate of drug-likeness (QED) is 0.751. The van der Waals surface area contributed by atoms with Crippen LogP contribution in [0.25, 0.3) is 0 Å². The predicted molar refractivity (Wildman–Crippen MR) is 58.0 cm³/mol. The first-order valence-corrected chi connectivity index (χ1v) is 5.73. The van der Waals surface area contributed by atoms with E-state index in [4.69, 9.17) is 0 Å². The lowest BCUT2D eigenvalue weighted by Crippen LogP contribution is -2.40. The van der Waals surface area contributed by atoms with Crippen molar-refractivity contribution in [3.05, 3.63) is 18.0 Å². The molecule has 0 aliphatic heterocycles. The molecule has 0 fully saturated rings. The van der Waals surface area contributed by atoms with E-state index >= 15 is 0 Å². The van der Waals surface area contributed by atoms with E-state index < -0.39 is 11.4 Å². The van der Waals surface area contributed by atoms with E-state index in [1.54, 1.807) is 6.20 Å². The highest BCUT2D eigenvalue weighted by molar-refractivity contribution is 7.90. The van der Waals surface area contributed by atoms with Crippen LogP contribution in [0.5, 0.6) is 0 Å². The number of hydrogen-bond acceptors (Lipinski definition) is 3. The summed E-state index contributed by atoms with van der Waals surface area (Å²) in [5.41, 5.74) is 0.947. The molecule has 0 spiro atoms. The highest BCUT2D eigenvalue weighted by Crippen LogP contribution is 2.17. The Morgan fingerprint density at radius 1 is 1.57 bits per heavy atom. The van der Waals surface area contributed by atoms with Gasteiger partial charge in [-0.1, -0.05) is 0 Å². The molecule has 0 aliphatic rings. The lowest BCUT2D eigenvalue weighted by atomic mass is 10.3. The monoisotopic (exact) mass is 215 g/mol. The van der Waals surface area contributed by atoms with E-state index in [1.165, 1.54) is 0 Å². The minimum absolute atomic E-state index is 0.0255. The smallest absolute Gasteiger partial charge is 0.136 e. The molecule has 0 radical (unpaired) electrons. The maximum atomic E-state index is 11.7. The maximum Gasteiger partial charge on any atom is 0.136 e. The lowest BCUT2D eigenvalue weighted by Gasteiger charge is -2.25. The summed E-state index contributed by atoms with van der Waals surface area (Å²) in [6.45, 7) is 7.78. The highest BCUT2D eigenvalue weighted by atomic mass is 32.2. The lowest BCUT2D eigenvalue weighted by molar-refractivity contribution is 0.529. The Labute approximate surface area is 87.8 Å². The average molecular weight is 215 g/mol. The van der Waals surface area contributed by atoms with Crippen LogP contribution in [0.2, 0.25) is 0 Å². The Kier molecular flexibility index (Phi) is 3.58. The average Bonchev–Trinajstić information content (AvgIpc) is 2.53. The van der Waals surface area contributed by atoms with Gasteiger partial charge in [0.05, 0.1) is 11.7 Å². The van der Waals surface area contributed by atoms with E-state index in [0.717, 1.165) is 5.69 Å². The van der Waals surface area contributed by atoms with Gasteiger partial charge < -0.3 is 4.55 Å². The van der Waals surface area contributed by atoms with E-state index in [2.05, 4.69) is 14.9 Å². The van der Waals surface area contributed by atoms with Crippen LogP contribution in [0.4, 0.5) is 0 Å². The molecule has 1 unspecified atom stereocenters. The van der Waals surface area contributed by atoms with E-state index in [-0.39, 0.29) is 10.8 Å². The van der Waals surface area contributed by atoms with Crippen molar-refractivity contribution in [2.24, 2.45) is 0 Å². The van der Waals surface area contributed by atoms with Crippen molar-refractivity contribution >= 4 is 11.4 Å². The SMILES string of the molecule is C[C@@H](N[S+]([O-])C(C)(C)C)c1ccn[nH]1. The largest absolute Gasteiger partial charge is 0.598 e. The number of aromatic amines is 1. The maximum absolute atomic E-state index is 11.7. The number of nitrogens with one attached hydrogen (secondary N) is 2. The van der Waals surface area contributed by atoms with Crippen molar-refractivity contribution in [1.29, 1.82) is 0 Å². The predicted octanol–water partition coefficient (Wildman–Crippen LogP) is 1.52. The fourth-order valence-electron chi connectivity index (χ4n) is 0.909. The van der Waals surface area contributed by atoms with Gasteiger partial charge in [-0.3, -0.25) is 5.10 Å². The second kappa shape index (κ2) is 4.33. The van der Waals surface area contributed by atoms with Crippen molar-refractivity contribution in [2.75, 3.05) is 0 Å². The summed E-state index contributed by atoms with van der Waals surface area (Å²) in [7, 11) is 0. The van der Waals surface area contributed by atoms with Gasteiger partial charge in [0.15, 0.2) is 0 Å². The van der Waals surface area contributed by atoms with Gasteiger partial charge in [-0.05, 0) is 33.8 Å². The molecular formula is C9H17N3OS. The first-order chi connectivity index (χ1) is 6.41. The highest BCUT2D eigenvalue weighted by Gasteiger charge is 2.28. The zero-order chi connectivity index (χ0) is 10.8. The third-order valence-electron chi connectivity index (χ3n) is 1.83. The summed E-state index contributed by atoms with van der Waals surface area (Å²) in [6.07, 6.45) is 1.69. The van der Waals surface area contributed by atoms with E-state index in [0.29, 0.717) is 0 Å². The van der Waals surface area contributed by atoms with Gasteiger partial charge in [-0.15, -0.1) is 4.72 Å². The molecule has 5 heteroatoms. The molecule has 1 heterocycles. The molecule has 4 nitrogen and oxygen atoms in total.